The second kappa shape index (κ2) is 6.73. The van der Waals surface area contributed by atoms with Gasteiger partial charge in [0, 0.05) is 19.6 Å². The van der Waals surface area contributed by atoms with Crippen molar-refractivity contribution in [1.29, 1.82) is 0 Å². The predicted molar refractivity (Wildman–Crippen MR) is 79.5 cm³/mol. The van der Waals surface area contributed by atoms with Gasteiger partial charge in [-0.05, 0) is 44.7 Å². The lowest BCUT2D eigenvalue weighted by atomic mass is 9.85. The molecule has 0 aromatic heterocycles. The molecule has 4 heteroatoms. The van der Waals surface area contributed by atoms with Crippen LogP contribution in [0, 0.1) is 11.7 Å². The highest BCUT2D eigenvalue weighted by molar-refractivity contribution is 5.99. The van der Waals surface area contributed by atoms with E-state index in [2.05, 4.69) is 5.32 Å². The van der Waals surface area contributed by atoms with Crippen molar-refractivity contribution in [3.8, 4) is 0 Å². The van der Waals surface area contributed by atoms with Crippen molar-refractivity contribution in [3.63, 3.8) is 0 Å². The van der Waals surface area contributed by atoms with Crippen molar-refractivity contribution in [3.05, 3.63) is 29.6 Å². The highest BCUT2D eigenvalue weighted by atomic mass is 19.1. The van der Waals surface area contributed by atoms with Crippen LogP contribution in [-0.4, -0.2) is 30.4 Å². The molecule has 1 amide bonds. The first-order valence-electron chi connectivity index (χ1n) is 7.49. The molecule has 0 spiro atoms. The highest BCUT2D eigenvalue weighted by Crippen LogP contribution is 2.28. The van der Waals surface area contributed by atoms with Crippen molar-refractivity contribution < 1.29 is 9.18 Å². The minimum atomic E-state index is -0.364. The summed E-state index contributed by atoms with van der Waals surface area (Å²) in [5.74, 6) is 0.183. The number of nitrogens with one attached hydrogen (secondary N) is 1. The molecule has 0 saturated heterocycles. The molecule has 1 aromatic carbocycles. The molecule has 0 radical (unpaired) electrons. The number of rotatable bonds is 6. The summed E-state index contributed by atoms with van der Waals surface area (Å²) in [6, 6.07) is 4.68. The fourth-order valence-electron chi connectivity index (χ4n) is 2.57. The number of benzene rings is 1. The van der Waals surface area contributed by atoms with Gasteiger partial charge in [0.1, 0.15) is 5.82 Å². The third-order valence-corrected chi connectivity index (χ3v) is 3.97. The Morgan fingerprint density at radius 1 is 1.40 bits per heavy atom. The summed E-state index contributed by atoms with van der Waals surface area (Å²) in [4.78, 5) is 14.5. The fraction of sp³-hybridized carbons (Fsp3) is 0.562. The zero-order valence-corrected chi connectivity index (χ0v) is 12.3. The summed E-state index contributed by atoms with van der Waals surface area (Å²) in [5.41, 5.74) is 0.764. The molecule has 0 atom stereocenters. The molecule has 2 rings (SSSR count). The highest BCUT2D eigenvalue weighted by Gasteiger charge is 2.25. The van der Waals surface area contributed by atoms with E-state index in [9.17, 15) is 9.18 Å². The van der Waals surface area contributed by atoms with Crippen LogP contribution in [0.5, 0.6) is 0 Å². The smallest absolute Gasteiger partial charge is 0.256 e. The number of anilines is 1. The summed E-state index contributed by atoms with van der Waals surface area (Å²) >= 11 is 0. The molecule has 1 aromatic rings. The molecular weight excluding hydrogens is 255 g/mol. The second-order valence-corrected chi connectivity index (χ2v) is 5.33. The third-order valence-electron chi connectivity index (χ3n) is 3.97. The van der Waals surface area contributed by atoms with E-state index in [1.165, 1.54) is 25.3 Å². The number of nitrogens with zero attached hydrogens (tertiary/aromatic N) is 1. The van der Waals surface area contributed by atoms with E-state index >= 15 is 0 Å². The van der Waals surface area contributed by atoms with Crippen LogP contribution in [0.3, 0.4) is 0 Å². The Bertz CT molecular complexity index is 472. The largest absolute Gasteiger partial charge is 0.382 e. The van der Waals surface area contributed by atoms with Crippen LogP contribution in [0.25, 0.3) is 0 Å². The Morgan fingerprint density at radius 2 is 2.15 bits per heavy atom. The first-order valence-corrected chi connectivity index (χ1v) is 7.49. The van der Waals surface area contributed by atoms with Gasteiger partial charge in [-0.25, -0.2) is 4.39 Å². The van der Waals surface area contributed by atoms with Gasteiger partial charge in [0.25, 0.3) is 5.91 Å². The normalized spacial score (nSPS) is 14.8. The third kappa shape index (κ3) is 3.11. The average Bonchev–Trinajstić information content (AvgIpc) is 2.40. The summed E-state index contributed by atoms with van der Waals surface area (Å²) in [7, 11) is 0. The number of hydrogen-bond donors (Lipinski definition) is 1. The van der Waals surface area contributed by atoms with Crippen LogP contribution >= 0.6 is 0 Å². The number of halogens is 1. The summed E-state index contributed by atoms with van der Waals surface area (Å²) in [5, 5.41) is 2.96. The first-order chi connectivity index (χ1) is 9.67. The molecule has 0 unspecified atom stereocenters. The van der Waals surface area contributed by atoms with Gasteiger partial charge in [-0.1, -0.05) is 12.5 Å². The fourth-order valence-corrected chi connectivity index (χ4v) is 2.57. The van der Waals surface area contributed by atoms with Crippen molar-refractivity contribution >= 4 is 11.6 Å². The van der Waals surface area contributed by atoms with Gasteiger partial charge in [0.2, 0.25) is 0 Å². The number of para-hydroxylation sites is 1. The standard InChI is InChI=1S/C16H23FN2O/c1-3-18-15-13(9-6-10-14(15)17)16(20)19(4-2)11-12-7-5-8-12/h6,9-10,12,18H,3-5,7-8,11H2,1-2H3. The number of carbonyl (C=O) groups excluding carboxylic acids is 1. The lowest BCUT2D eigenvalue weighted by molar-refractivity contribution is 0.0707. The lowest BCUT2D eigenvalue weighted by Crippen LogP contribution is -2.37. The van der Waals surface area contributed by atoms with E-state index < -0.39 is 0 Å². The molecule has 1 N–H and O–H groups in total. The predicted octanol–water partition coefficient (Wildman–Crippen LogP) is 3.52. The van der Waals surface area contributed by atoms with E-state index in [-0.39, 0.29) is 11.7 Å². The minimum absolute atomic E-state index is 0.0742. The molecule has 1 saturated carbocycles. The van der Waals surface area contributed by atoms with Gasteiger partial charge in [-0.3, -0.25) is 4.79 Å². The minimum Gasteiger partial charge on any atom is -0.382 e. The summed E-state index contributed by atoms with van der Waals surface area (Å²) in [6.45, 7) is 5.92. The van der Waals surface area contributed by atoms with Crippen molar-refractivity contribution in [2.24, 2.45) is 5.92 Å². The maximum absolute atomic E-state index is 13.9. The van der Waals surface area contributed by atoms with Crippen LogP contribution < -0.4 is 5.32 Å². The molecule has 0 heterocycles. The maximum atomic E-state index is 13.9. The summed E-state index contributed by atoms with van der Waals surface area (Å²) < 4.78 is 13.9. The van der Waals surface area contributed by atoms with Crippen LogP contribution in [0.4, 0.5) is 10.1 Å². The van der Waals surface area contributed by atoms with E-state index in [4.69, 9.17) is 0 Å². The van der Waals surface area contributed by atoms with E-state index in [1.807, 2.05) is 18.7 Å². The van der Waals surface area contributed by atoms with E-state index in [0.29, 0.717) is 30.3 Å². The van der Waals surface area contributed by atoms with Crippen molar-refractivity contribution in [1.82, 2.24) is 4.90 Å². The van der Waals surface area contributed by atoms with Crippen LogP contribution in [0.2, 0.25) is 0 Å². The van der Waals surface area contributed by atoms with Gasteiger partial charge in [-0.2, -0.15) is 0 Å². The Balaban J connectivity index is 2.19. The molecule has 1 aliphatic carbocycles. The van der Waals surface area contributed by atoms with Gasteiger partial charge < -0.3 is 10.2 Å². The molecular formula is C16H23FN2O. The second-order valence-electron chi connectivity index (χ2n) is 5.33. The van der Waals surface area contributed by atoms with Crippen LogP contribution in [0.1, 0.15) is 43.5 Å². The molecule has 1 aliphatic rings. The monoisotopic (exact) mass is 278 g/mol. The quantitative estimate of drug-likeness (QED) is 0.863. The number of amides is 1. The van der Waals surface area contributed by atoms with Crippen molar-refractivity contribution in [2.45, 2.75) is 33.1 Å². The SMILES string of the molecule is CCNc1c(F)cccc1C(=O)N(CC)CC1CCC1. The molecule has 0 aliphatic heterocycles. The lowest BCUT2D eigenvalue weighted by Gasteiger charge is -2.32. The van der Waals surface area contributed by atoms with Crippen molar-refractivity contribution in [2.75, 3.05) is 25.0 Å². The molecule has 1 fully saturated rings. The first kappa shape index (κ1) is 14.8. The Labute approximate surface area is 120 Å². The van der Waals surface area contributed by atoms with Gasteiger partial charge in [0.15, 0.2) is 0 Å². The molecule has 3 nitrogen and oxygen atoms in total. The number of hydrogen-bond acceptors (Lipinski definition) is 2. The maximum Gasteiger partial charge on any atom is 0.256 e. The zero-order chi connectivity index (χ0) is 14.5. The van der Waals surface area contributed by atoms with Gasteiger partial charge >= 0.3 is 0 Å². The topological polar surface area (TPSA) is 32.3 Å². The van der Waals surface area contributed by atoms with Crippen LogP contribution in [0.15, 0.2) is 18.2 Å². The molecule has 20 heavy (non-hydrogen) atoms. The Kier molecular flexibility index (Phi) is 4.99. The molecule has 110 valence electrons. The van der Waals surface area contributed by atoms with Crippen LogP contribution in [-0.2, 0) is 0 Å². The average molecular weight is 278 g/mol. The zero-order valence-electron chi connectivity index (χ0n) is 12.3. The number of carbonyl (C=O) groups is 1. The summed E-state index contributed by atoms with van der Waals surface area (Å²) in [6.07, 6.45) is 3.67. The van der Waals surface area contributed by atoms with E-state index in [1.54, 1.807) is 12.1 Å². The van der Waals surface area contributed by atoms with Gasteiger partial charge in [-0.15, -0.1) is 0 Å². The Hall–Kier alpha value is -1.58. The van der Waals surface area contributed by atoms with E-state index in [0.717, 1.165) is 6.54 Å². The van der Waals surface area contributed by atoms with Gasteiger partial charge in [0.05, 0.1) is 11.3 Å². The molecule has 0 bridgehead atoms. The Morgan fingerprint density at radius 3 is 2.70 bits per heavy atom.